The maximum Gasteiger partial charge on any atom is 0.373 e. The number of aliphatic imine (C=N–C) groups is 2. The number of amidine groups is 1. The molecule has 0 amide bonds. The third-order valence-electron chi connectivity index (χ3n) is 3.35. The first-order chi connectivity index (χ1) is 11.8. The molecule has 1 aliphatic rings. The fraction of sp³-hybridized carbons (Fsp3) is 0.188. The number of aliphatic hydroxyl groups is 1. The van der Waals surface area contributed by atoms with Crippen molar-refractivity contribution in [3.8, 4) is 0 Å². The summed E-state index contributed by atoms with van der Waals surface area (Å²) in [6, 6.07) is 5.39. The number of carboxylic acids is 1. The quantitative estimate of drug-likeness (QED) is 0.340. The zero-order valence-electron chi connectivity index (χ0n) is 13.0. The van der Waals surface area contributed by atoms with Gasteiger partial charge in [-0.25, -0.2) is 24.0 Å². The fourth-order valence-electron chi connectivity index (χ4n) is 2.02. The number of nitrogens with zero attached hydrogens (tertiary/aromatic N) is 2. The number of hydrogen-bond donors (Lipinski definition) is 2. The summed E-state index contributed by atoms with van der Waals surface area (Å²) >= 11 is 0. The highest BCUT2D eigenvalue weighted by Gasteiger charge is 2.47. The topological polar surface area (TPSA) is 126 Å². The van der Waals surface area contributed by atoms with Crippen molar-refractivity contribution in [2.24, 2.45) is 9.98 Å². The minimum absolute atomic E-state index is 0.0355. The number of hydrogen-bond acceptors (Lipinski definition) is 7. The van der Waals surface area contributed by atoms with Crippen LogP contribution in [0.25, 0.3) is 0 Å². The van der Waals surface area contributed by atoms with E-state index in [2.05, 4.69) is 14.7 Å². The maximum atomic E-state index is 12.9. The number of halogens is 1. The first-order valence-electron chi connectivity index (χ1n) is 6.93. The summed E-state index contributed by atoms with van der Waals surface area (Å²) < 4.78 is 17.1. The average molecular weight is 348 g/mol. The maximum absolute atomic E-state index is 12.9. The molecule has 1 aromatic carbocycles. The second-order valence-corrected chi connectivity index (χ2v) is 5.05. The van der Waals surface area contributed by atoms with Gasteiger partial charge in [0.05, 0.1) is 13.3 Å². The Kier molecular flexibility index (Phi) is 5.06. The van der Waals surface area contributed by atoms with E-state index in [-0.39, 0.29) is 12.3 Å². The molecule has 1 unspecified atom stereocenters. The van der Waals surface area contributed by atoms with Crippen molar-refractivity contribution >= 4 is 29.8 Å². The van der Waals surface area contributed by atoms with Gasteiger partial charge in [-0.2, -0.15) is 0 Å². The molecule has 0 bridgehead atoms. The van der Waals surface area contributed by atoms with Gasteiger partial charge in [-0.15, -0.1) is 0 Å². The van der Waals surface area contributed by atoms with Crippen molar-refractivity contribution in [3.05, 3.63) is 47.5 Å². The molecule has 1 heterocycles. The van der Waals surface area contributed by atoms with Crippen LogP contribution in [0.4, 0.5) is 4.39 Å². The van der Waals surface area contributed by atoms with Crippen molar-refractivity contribution in [2.75, 3.05) is 7.11 Å². The highest BCUT2D eigenvalue weighted by molar-refractivity contribution is 6.30. The molecule has 130 valence electrons. The lowest BCUT2D eigenvalue weighted by molar-refractivity contribution is -0.144. The van der Waals surface area contributed by atoms with Crippen LogP contribution in [0.2, 0.25) is 0 Å². The van der Waals surface area contributed by atoms with E-state index in [1.54, 1.807) is 0 Å². The van der Waals surface area contributed by atoms with Crippen LogP contribution in [0.3, 0.4) is 0 Å². The lowest BCUT2D eigenvalue weighted by Crippen LogP contribution is -2.44. The summed E-state index contributed by atoms with van der Waals surface area (Å²) in [5, 5.41) is 18.8. The largest absolute Gasteiger partial charge is 0.502 e. The number of ketones is 1. The third kappa shape index (κ3) is 3.77. The molecule has 8 nitrogen and oxygen atoms in total. The SMILES string of the molecule is COC(=O)/C(O)=C\C(=O)C1(C(=O)O)C=NC(Cc2ccc(F)cc2)=N1. The average Bonchev–Trinajstić information content (AvgIpc) is 3.01. The smallest absolute Gasteiger partial charge is 0.373 e. The number of rotatable bonds is 6. The van der Waals surface area contributed by atoms with E-state index >= 15 is 0 Å². The van der Waals surface area contributed by atoms with Crippen LogP contribution in [0.1, 0.15) is 5.56 Å². The Morgan fingerprint density at radius 3 is 2.44 bits per heavy atom. The summed E-state index contributed by atoms with van der Waals surface area (Å²) in [6.07, 6.45) is 1.32. The van der Waals surface area contributed by atoms with Gasteiger partial charge in [0, 0.05) is 12.5 Å². The zero-order chi connectivity index (χ0) is 18.6. The number of methoxy groups -OCH3 is 1. The van der Waals surface area contributed by atoms with E-state index in [1.165, 1.54) is 24.3 Å². The number of aliphatic hydroxyl groups excluding tert-OH is 1. The van der Waals surface area contributed by atoms with Gasteiger partial charge in [0.1, 0.15) is 11.7 Å². The van der Waals surface area contributed by atoms with Crippen molar-refractivity contribution in [3.63, 3.8) is 0 Å². The minimum atomic E-state index is -2.38. The number of carboxylic acid groups (broad SMARTS) is 1. The fourth-order valence-corrected chi connectivity index (χ4v) is 2.02. The van der Waals surface area contributed by atoms with E-state index in [1.807, 2.05) is 0 Å². The predicted molar refractivity (Wildman–Crippen MR) is 84.1 cm³/mol. The molecular formula is C16H13FN2O6. The molecule has 0 saturated heterocycles. The molecular weight excluding hydrogens is 335 g/mol. The van der Waals surface area contributed by atoms with Gasteiger partial charge in [-0.05, 0) is 17.7 Å². The second kappa shape index (κ2) is 7.04. The monoisotopic (exact) mass is 348 g/mol. The van der Waals surface area contributed by atoms with Gasteiger partial charge in [0.15, 0.2) is 0 Å². The molecule has 2 N–H and O–H groups in total. The number of aliphatic carboxylic acids is 1. The van der Waals surface area contributed by atoms with Crippen molar-refractivity contribution in [2.45, 2.75) is 12.0 Å². The Hall–Kier alpha value is -3.36. The van der Waals surface area contributed by atoms with Crippen molar-refractivity contribution in [1.82, 2.24) is 0 Å². The molecule has 9 heteroatoms. The van der Waals surface area contributed by atoms with Gasteiger partial charge in [-0.3, -0.25) is 4.79 Å². The van der Waals surface area contributed by atoms with Gasteiger partial charge in [0.25, 0.3) is 5.54 Å². The first-order valence-corrected chi connectivity index (χ1v) is 6.93. The van der Waals surface area contributed by atoms with E-state index in [0.29, 0.717) is 11.6 Å². The van der Waals surface area contributed by atoms with E-state index in [0.717, 1.165) is 13.3 Å². The van der Waals surface area contributed by atoms with Crippen LogP contribution in [0.15, 0.2) is 46.1 Å². The molecule has 1 aromatic rings. The van der Waals surface area contributed by atoms with Gasteiger partial charge in [-0.1, -0.05) is 12.1 Å². The van der Waals surface area contributed by atoms with E-state index < -0.39 is 34.8 Å². The lowest BCUT2D eigenvalue weighted by atomic mass is 9.96. The van der Waals surface area contributed by atoms with Gasteiger partial charge in [0.2, 0.25) is 11.5 Å². The first kappa shape index (κ1) is 18.0. The van der Waals surface area contributed by atoms with Gasteiger partial charge < -0.3 is 14.9 Å². The molecule has 0 aliphatic carbocycles. The van der Waals surface area contributed by atoms with Gasteiger partial charge >= 0.3 is 11.9 Å². The summed E-state index contributed by atoms with van der Waals surface area (Å²) in [5.74, 6) is -5.43. The van der Waals surface area contributed by atoms with E-state index in [4.69, 9.17) is 0 Å². The van der Waals surface area contributed by atoms with Crippen LogP contribution in [0, 0.1) is 5.82 Å². The molecule has 1 aliphatic heterocycles. The van der Waals surface area contributed by atoms with Crippen molar-refractivity contribution in [1.29, 1.82) is 0 Å². The number of ether oxygens (including phenoxy) is 1. The summed E-state index contributed by atoms with van der Waals surface area (Å²) in [6.45, 7) is 0. The number of esters is 1. The number of carbonyl (C=O) groups is 3. The van der Waals surface area contributed by atoms with Crippen LogP contribution in [-0.2, 0) is 25.5 Å². The number of benzene rings is 1. The normalized spacial score (nSPS) is 19.4. The molecule has 0 radical (unpaired) electrons. The molecule has 0 fully saturated rings. The predicted octanol–water partition coefficient (Wildman–Crippen LogP) is 0.859. The molecule has 2 rings (SSSR count). The third-order valence-corrected chi connectivity index (χ3v) is 3.35. The summed E-state index contributed by atoms with van der Waals surface area (Å²) in [7, 11) is 0.986. The summed E-state index contributed by atoms with van der Waals surface area (Å²) in [4.78, 5) is 42.5. The summed E-state index contributed by atoms with van der Waals surface area (Å²) in [5.41, 5.74) is -1.77. The Balaban J connectivity index is 2.29. The van der Waals surface area contributed by atoms with Crippen LogP contribution in [-0.4, -0.2) is 52.6 Å². The highest BCUT2D eigenvalue weighted by Crippen LogP contribution is 2.20. The standard InChI is InChI=1S/C16H13FN2O6/c1-25-14(22)11(20)7-12(21)16(15(23)24)8-18-13(19-16)6-9-2-4-10(17)5-3-9/h2-5,7-8,20H,6H2,1H3,(H,23,24)/b11-7+. The van der Waals surface area contributed by atoms with Crippen molar-refractivity contribution < 1.29 is 33.7 Å². The molecule has 0 aromatic heterocycles. The lowest BCUT2D eigenvalue weighted by Gasteiger charge is -2.13. The second-order valence-electron chi connectivity index (χ2n) is 5.05. The van der Waals surface area contributed by atoms with Crippen LogP contribution < -0.4 is 0 Å². The molecule has 0 saturated carbocycles. The zero-order valence-corrected chi connectivity index (χ0v) is 13.0. The Morgan fingerprint density at radius 2 is 1.88 bits per heavy atom. The minimum Gasteiger partial charge on any atom is -0.502 e. The Labute approximate surface area is 141 Å². The Bertz CT molecular complexity index is 812. The Morgan fingerprint density at radius 1 is 1.24 bits per heavy atom. The molecule has 0 spiro atoms. The van der Waals surface area contributed by atoms with Crippen LogP contribution in [0.5, 0.6) is 0 Å². The number of carbonyl (C=O) groups excluding carboxylic acids is 2. The van der Waals surface area contributed by atoms with E-state index in [9.17, 15) is 29.0 Å². The molecule has 1 atom stereocenters. The van der Waals surface area contributed by atoms with Crippen LogP contribution >= 0.6 is 0 Å². The molecule has 25 heavy (non-hydrogen) atoms. The highest BCUT2D eigenvalue weighted by atomic mass is 19.1.